The van der Waals surface area contributed by atoms with Crippen molar-refractivity contribution in [1.29, 1.82) is 0 Å². The highest BCUT2D eigenvalue weighted by Crippen LogP contribution is 2.35. The van der Waals surface area contributed by atoms with Crippen molar-refractivity contribution in [3.05, 3.63) is 45.1 Å². The molecule has 180 valence electrons. The molecule has 5 rings (SSSR count). The molecule has 1 N–H and O–H groups in total. The van der Waals surface area contributed by atoms with E-state index in [1.165, 1.54) is 16.6 Å². The highest BCUT2D eigenvalue weighted by molar-refractivity contribution is 7.99. The van der Waals surface area contributed by atoms with E-state index in [1.807, 2.05) is 31.2 Å². The van der Waals surface area contributed by atoms with E-state index in [0.717, 1.165) is 72.3 Å². The van der Waals surface area contributed by atoms with Gasteiger partial charge in [0.15, 0.2) is 5.16 Å². The first kappa shape index (κ1) is 23.4. The van der Waals surface area contributed by atoms with E-state index in [9.17, 15) is 9.59 Å². The molecule has 1 aromatic carbocycles. The van der Waals surface area contributed by atoms with Crippen molar-refractivity contribution in [3.8, 4) is 11.4 Å². The zero-order valence-electron chi connectivity index (χ0n) is 19.3. The molecule has 0 saturated carbocycles. The fourth-order valence-electron chi connectivity index (χ4n) is 4.58. The lowest BCUT2D eigenvalue weighted by molar-refractivity contribution is -0.119. The van der Waals surface area contributed by atoms with Crippen LogP contribution in [0, 0.1) is 0 Å². The second kappa shape index (κ2) is 10.5. The molecule has 1 saturated heterocycles. The van der Waals surface area contributed by atoms with Gasteiger partial charge in [0, 0.05) is 18.0 Å². The highest BCUT2D eigenvalue weighted by atomic mass is 32.2. The van der Waals surface area contributed by atoms with E-state index in [0.29, 0.717) is 18.3 Å². The van der Waals surface area contributed by atoms with Crippen LogP contribution in [0.15, 0.2) is 34.2 Å². The van der Waals surface area contributed by atoms with Crippen molar-refractivity contribution >= 4 is 39.2 Å². The number of aryl methyl sites for hydroxylation is 2. The number of thioether (sulfide) groups is 1. The number of carbonyl (C=O) groups is 1. The molecule has 3 aromatic rings. The third-order valence-corrected chi connectivity index (χ3v) is 8.37. The van der Waals surface area contributed by atoms with Crippen LogP contribution in [0.25, 0.3) is 15.9 Å². The maximum atomic E-state index is 13.8. The number of thiophene rings is 1. The first-order valence-electron chi connectivity index (χ1n) is 12.0. The molecular weight excluding hydrogens is 470 g/mol. The molecule has 1 unspecified atom stereocenters. The molecular formula is C25H29N3O4S2. The number of hydrogen-bond acceptors (Lipinski definition) is 7. The molecule has 2 aromatic heterocycles. The summed E-state index contributed by atoms with van der Waals surface area (Å²) >= 11 is 2.92. The number of amides is 1. The van der Waals surface area contributed by atoms with Crippen LogP contribution in [0.1, 0.15) is 43.0 Å². The van der Waals surface area contributed by atoms with Crippen LogP contribution in [-0.2, 0) is 22.4 Å². The largest absolute Gasteiger partial charge is 0.494 e. The van der Waals surface area contributed by atoms with Crippen molar-refractivity contribution in [2.75, 3.05) is 25.5 Å². The fourth-order valence-corrected chi connectivity index (χ4v) is 6.73. The van der Waals surface area contributed by atoms with Gasteiger partial charge < -0.3 is 14.8 Å². The first-order valence-corrected chi connectivity index (χ1v) is 13.8. The Morgan fingerprint density at radius 1 is 1.26 bits per heavy atom. The smallest absolute Gasteiger partial charge is 0.267 e. The molecule has 34 heavy (non-hydrogen) atoms. The van der Waals surface area contributed by atoms with Crippen LogP contribution in [0.2, 0.25) is 0 Å². The second-order valence-corrected chi connectivity index (χ2v) is 10.6. The zero-order chi connectivity index (χ0) is 23.5. The molecule has 1 fully saturated rings. The van der Waals surface area contributed by atoms with E-state index in [-0.39, 0.29) is 23.3 Å². The van der Waals surface area contributed by atoms with Gasteiger partial charge in [-0.3, -0.25) is 14.2 Å². The summed E-state index contributed by atoms with van der Waals surface area (Å²) in [7, 11) is 0. The minimum Gasteiger partial charge on any atom is -0.494 e. The Bertz CT molecular complexity index is 1230. The van der Waals surface area contributed by atoms with E-state index < -0.39 is 0 Å². The second-order valence-electron chi connectivity index (χ2n) is 8.58. The average molecular weight is 500 g/mol. The summed E-state index contributed by atoms with van der Waals surface area (Å²) in [5.41, 5.74) is 1.82. The van der Waals surface area contributed by atoms with Crippen LogP contribution in [0.5, 0.6) is 5.75 Å². The highest BCUT2D eigenvalue weighted by Gasteiger charge is 2.23. The Labute approximate surface area is 206 Å². The number of aromatic nitrogens is 2. The minimum atomic E-state index is -0.0847. The van der Waals surface area contributed by atoms with Crippen LogP contribution in [0.3, 0.4) is 0 Å². The Kier molecular flexibility index (Phi) is 7.22. The summed E-state index contributed by atoms with van der Waals surface area (Å²) in [5, 5.41) is 4.22. The van der Waals surface area contributed by atoms with Gasteiger partial charge in [-0.05, 0) is 75.3 Å². The van der Waals surface area contributed by atoms with Crippen molar-refractivity contribution in [2.45, 2.75) is 56.7 Å². The average Bonchev–Trinajstić information content (AvgIpc) is 3.50. The van der Waals surface area contributed by atoms with Gasteiger partial charge in [-0.15, -0.1) is 11.3 Å². The number of benzene rings is 1. The Morgan fingerprint density at radius 2 is 2.09 bits per heavy atom. The molecule has 1 amide bonds. The summed E-state index contributed by atoms with van der Waals surface area (Å²) in [6, 6.07) is 7.48. The maximum Gasteiger partial charge on any atom is 0.267 e. The molecule has 9 heteroatoms. The van der Waals surface area contributed by atoms with Gasteiger partial charge in [0.05, 0.1) is 29.5 Å². The molecule has 0 radical (unpaired) electrons. The zero-order valence-corrected chi connectivity index (χ0v) is 20.9. The molecule has 0 spiro atoms. The molecule has 1 atom stereocenters. The lowest BCUT2D eigenvalue weighted by Gasteiger charge is -2.14. The standard InChI is InChI=1S/C25H29N3O4S2/c1-2-31-17-11-9-16(10-12-17)28-24(30)22-19-7-3-4-8-20(19)34-23(22)27-25(28)33-15-21(29)26-14-18-6-5-13-32-18/h9-12,18H,2-8,13-15H2,1H3,(H,26,29). The topological polar surface area (TPSA) is 82.4 Å². The fraction of sp³-hybridized carbons (Fsp3) is 0.480. The molecule has 3 heterocycles. The van der Waals surface area contributed by atoms with Gasteiger partial charge >= 0.3 is 0 Å². The molecule has 7 nitrogen and oxygen atoms in total. The predicted octanol–water partition coefficient (Wildman–Crippen LogP) is 4.11. The lowest BCUT2D eigenvalue weighted by atomic mass is 9.97. The molecule has 0 bridgehead atoms. The Hall–Kier alpha value is -2.36. The van der Waals surface area contributed by atoms with Gasteiger partial charge in [0.1, 0.15) is 10.6 Å². The third kappa shape index (κ3) is 4.87. The van der Waals surface area contributed by atoms with E-state index in [4.69, 9.17) is 14.5 Å². The number of carbonyl (C=O) groups excluding carboxylic acids is 1. The van der Waals surface area contributed by atoms with Crippen LogP contribution in [0.4, 0.5) is 0 Å². The van der Waals surface area contributed by atoms with E-state index in [1.54, 1.807) is 15.9 Å². The summed E-state index contributed by atoms with van der Waals surface area (Å²) in [5.74, 6) is 0.856. The predicted molar refractivity (Wildman–Crippen MR) is 136 cm³/mol. The van der Waals surface area contributed by atoms with Crippen LogP contribution >= 0.6 is 23.1 Å². The van der Waals surface area contributed by atoms with Crippen molar-refractivity contribution in [3.63, 3.8) is 0 Å². The molecule has 1 aliphatic heterocycles. The summed E-state index contributed by atoms with van der Waals surface area (Å²) in [6.07, 6.45) is 6.30. The molecule has 2 aliphatic rings. The third-order valence-electron chi connectivity index (χ3n) is 6.25. The monoisotopic (exact) mass is 499 g/mol. The van der Waals surface area contributed by atoms with E-state index >= 15 is 0 Å². The van der Waals surface area contributed by atoms with Gasteiger partial charge in [-0.1, -0.05) is 11.8 Å². The van der Waals surface area contributed by atoms with Gasteiger partial charge in [-0.25, -0.2) is 4.98 Å². The van der Waals surface area contributed by atoms with Gasteiger partial charge in [0.25, 0.3) is 5.56 Å². The van der Waals surface area contributed by atoms with E-state index in [2.05, 4.69) is 5.32 Å². The van der Waals surface area contributed by atoms with Crippen LogP contribution in [-0.4, -0.2) is 47.1 Å². The Morgan fingerprint density at radius 3 is 2.85 bits per heavy atom. The van der Waals surface area contributed by atoms with Crippen LogP contribution < -0.4 is 15.6 Å². The van der Waals surface area contributed by atoms with Gasteiger partial charge in [-0.2, -0.15) is 0 Å². The molecule has 1 aliphatic carbocycles. The minimum absolute atomic E-state index is 0.0594. The lowest BCUT2D eigenvalue weighted by Crippen LogP contribution is -2.33. The SMILES string of the molecule is CCOc1ccc(-n2c(SCC(=O)NCC3CCCO3)nc3sc4c(c3c2=O)CCCC4)cc1. The normalized spacial score (nSPS) is 17.6. The Balaban J connectivity index is 1.46. The number of fused-ring (bicyclic) bond motifs is 3. The maximum absolute atomic E-state index is 13.8. The van der Waals surface area contributed by atoms with Crippen molar-refractivity contribution in [2.24, 2.45) is 0 Å². The quantitative estimate of drug-likeness (QED) is 0.371. The van der Waals surface area contributed by atoms with Crippen molar-refractivity contribution < 1.29 is 14.3 Å². The summed E-state index contributed by atoms with van der Waals surface area (Å²) in [6.45, 7) is 3.80. The van der Waals surface area contributed by atoms with Crippen molar-refractivity contribution in [1.82, 2.24) is 14.9 Å². The summed E-state index contributed by atoms with van der Waals surface area (Å²) in [4.78, 5) is 33.3. The first-order chi connectivity index (χ1) is 16.6. The number of nitrogens with one attached hydrogen (secondary N) is 1. The van der Waals surface area contributed by atoms with Gasteiger partial charge in [0.2, 0.25) is 5.91 Å². The number of nitrogens with zero attached hydrogens (tertiary/aromatic N) is 2. The summed E-state index contributed by atoms with van der Waals surface area (Å²) < 4.78 is 12.8. The number of rotatable bonds is 8. The number of ether oxygens (including phenoxy) is 2. The number of hydrogen-bond donors (Lipinski definition) is 1.